The average molecular weight is 227 g/mol. The second kappa shape index (κ2) is 5.03. The van der Waals surface area contributed by atoms with Crippen LogP contribution in [0.15, 0.2) is 18.3 Å². The Hall–Kier alpha value is -2.22. The Morgan fingerprint density at radius 3 is 2.88 bits per heavy atom. The molecule has 8 heteroatoms. The molecule has 3 N–H and O–H groups in total. The first-order chi connectivity index (χ1) is 7.56. The number of carboxylic acids is 1. The van der Waals surface area contributed by atoms with E-state index in [1.54, 1.807) is 0 Å². The van der Waals surface area contributed by atoms with Gasteiger partial charge in [-0.2, -0.15) is 0 Å². The number of nitrogens with zero attached hydrogens (tertiary/aromatic N) is 2. The molecule has 8 nitrogen and oxygen atoms in total. The lowest BCUT2D eigenvalue weighted by molar-refractivity contribution is -0.384. The smallest absolute Gasteiger partial charge is 0.328 e. The number of aromatic nitrogens is 1. The van der Waals surface area contributed by atoms with Crippen molar-refractivity contribution in [3.8, 4) is 0 Å². The van der Waals surface area contributed by atoms with Gasteiger partial charge in [0.1, 0.15) is 6.04 Å². The summed E-state index contributed by atoms with van der Waals surface area (Å²) in [5.41, 5.74) is -0.345. The molecule has 86 valence electrons. The SMILES string of the molecule is O=C(O)C(CO)Nc1ncccc1[N+](=O)[O-]. The number of nitro groups is 1. The molecule has 1 unspecified atom stereocenters. The fourth-order valence-electron chi connectivity index (χ4n) is 1.01. The quantitative estimate of drug-likeness (QED) is 0.471. The summed E-state index contributed by atoms with van der Waals surface area (Å²) in [6, 6.07) is 1.22. The Balaban J connectivity index is 2.95. The van der Waals surface area contributed by atoms with Crippen LogP contribution in [-0.2, 0) is 4.79 Å². The summed E-state index contributed by atoms with van der Waals surface area (Å²) in [5.74, 6) is -1.50. The molecule has 0 radical (unpaired) electrons. The molecule has 0 aliphatic carbocycles. The molecule has 1 heterocycles. The van der Waals surface area contributed by atoms with E-state index >= 15 is 0 Å². The predicted octanol–water partition coefficient (Wildman–Crippen LogP) is -0.153. The number of carboxylic acid groups (broad SMARTS) is 1. The van der Waals surface area contributed by atoms with Gasteiger partial charge in [0.15, 0.2) is 0 Å². The zero-order chi connectivity index (χ0) is 12.1. The van der Waals surface area contributed by atoms with E-state index in [2.05, 4.69) is 10.3 Å². The topological polar surface area (TPSA) is 126 Å². The van der Waals surface area contributed by atoms with Crippen LogP contribution in [0.1, 0.15) is 0 Å². The van der Waals surface area contributed by atoms with Gasteiger partial charge in [0.05, 0.1) is 11.5 Å². The summed E-state index contributed by atoms with van der Waals surface area (Å²) in [5, 5.41) is 30.2. The van der Waals surface area contributed by atoms with Gasteiger partial charge in [0.25, 0.3) is 0 Å². The Labute approximate surface area is 89.7 Å². The van der Waals surface area contributed by atoms with Crippen LogP contribution in [0.5, 0.6) is 0 Å². The highest BCUT2D eigenvalue weighted by molar-refractivity contribution is 5.78. The lowest BCUT2D eigenvalue weighted by Crippen LogP contribution is -2.33. The van der Waals surface area contributed by atoms with Crippen molar-refractivity contribution in [3.05, 3.63) is 28.4 Å². The van der Waals surface area contributed by atoms with Crippen molar-refractivity contribution >= 4 is 17.5 Å². The fraction of sp³-hybridized carbons (Fsp3) is 0.250. The Kier molecular flexibility index (Phi) is 3.72. The highest BCUT2D eigenvalue weighted by Crippen LogP contribution is 2.20. The summed E-state index contributed by atoms with van der Waals surface area (Å²) in [7, 11) is 0. The van der Waals surface area contributed by atoms with Crippen LogP contribution < -0.4 is 5.32 Å². The van der Waals surface area contributed by atoms with E-state index in [4.69, 9.17) is 10.2 Å². The van der Waals surface area contributed by atoms with Crippen molar-refractivity contribution in [2.24, 2.45) is 0 Å². The van der Waals surface area contributed by atoms with Gasteiger partial charge >= 0.3 is 11.7 Å². The summed E-state index contributed by atoms with van der Waals surface area (Å²) in [6.45, 7) is -0.691. The third-order valence-corrected chi connectivity index (χ3v) is 1.77. The monoisotopic (exact) mass is 227 g/mol. The van der Waals surface area contributed by atoms with Crippen LogP contribution >= 0.6 is 0 Å². The Bertz CT molecular complexity index is 408. The number of hydrogen-bond acceptors (Lipinski definition) is 6. The largest absolute Gasteiger partial charge is 0.480 e. The van der Waals surface area contributed by atoms with Crippen molar-refractivity contribution in [1.29, 1.82) is 0 Å². The molecule has 0 spiro atoms. The molecule has 0 saturated carbocycles. The molecule has 1 aromatic heterocycles. The zero-order valence-electron chi connectivity index (χ0n) is 8.03. The first-order valence-electron chi connectivity index (χ1n) is 4.26. The minimum absolute atomic E-state index is 0.186. The number of pyridine rings is 1. The van der Waals surface area contributed by atoms with Gasteiger partial charge in [-0.3, -0.25) is 10.1 Å². The van der Waals surface area contributed by atoms with Gasteiger partial charge in [-0.05, 0) is 6.07 Å². The molecule has 0 amide bonds. The minimum atomic E-state index is -1.33. The minimum Gasteiger partial charge on any atom is -0.480 e. The number of nitrogens with one attached hydrogen (secondary N) is 1. The van der Waals surface area contributed by atoms with Crippen molar-refractivity contribution in [3.63, 3.8) is 0 Å². The van der Waals surface area contributed by atoms with E-state index in [0.717, 1.165) is 0 Å². The molecule has 0 aliphatic heterocycles. The lowest BCUT2D eigenvalue weighted by Gasteiger charge is -2.11. The molecule has 1 rings (SSSR count). The first-order valence-corrected chi connectivity index (χ1v) is 4.26. The van der Waals surface area contributed by atoms with E-state index in [1.807, 2.05) is 0 Å². The van der Waals surface area contributed by atoms with Crippen molar-refractivity contribution in [2.45, 2.75) is 6.04 Å². The van der Waals surface area contributed by atoms with Crippen LogP contribution in [0.2, 0.25) is 0 Å². The number of aliphatic hydroxyl groups is 1. The maximum absolute atomic E-state index is 10.6. The van der Waals surface area contributed by atoms with Gasteiger partial charge in [-0.1, -0.05) is 0 Å². The first kappa shape index (κ1) is 11.9. The third-order valence-electron chi connectivity index (χ3n) is 1.77. The predicted molar refractivity (Wildman–Crippen MR) is 53.0 cm³/mol. The normalized spacial score (nSPS) is 11.8. The lowest BCUT2D eigenvalue weighted by atomic mass is 10.3. The molecule has 0 fully saturated rings. The molecular formula is C8H9N3O5. The fourth-order valence-corrected chi connectivity index (χ4v) is 1.01. The standard InChI is InChI=1S/C8H9N3O5/c12-4-5(8(13)14)10-7-6(11(15)16)2-1-3-9-7/h1-3,5,12H,4H2,(H,9,10)(H,13,14). The van der Waals surface area contributed by atoms with Crippen LogP contribution in [0.25, 0.3) is 0 Å². The van der Waals surface area contributed by atoms with E-state index in [-0.39, 0.29) is 11.5 Å². The van der Waals surface area contributed by atoms with Crippen molar-refractivity contribution in [2.75, 3.05) is 11.9 Å². The Morgan fingerprint density at radius 1 is 1.69 bits per heavy atom. The van der Waals surface area contributed by atoms with Gasteiger partial charge in [-0.25, -0.2) is 9.78 Å². The molecule has 0 saturated heterocycles. The number of aliphatic hydroxyl groups excluding tert-OH is 1. The molecular weight excluding hydrogens is 218 g/mol. The number of carbonyl (C=O) groups is 1. The molecule has 0 aromatic carbocycles. The summed E-state index contributed by atoms with van der Waals surface area (Å²) >= 11 is 0. The maximum Gasteiger partial charge on any atom is 0.328 e. The number of aliphatic carboxylic acids is 1. The number of anilines is 1. The van der Waals surface area contributed by atoms with Crippen LogP contribution in [-0.4, -0.2) is 38.7 Å². The number of rotatable bonds is 5. The van der Waals surface area contributed by atoms with Gasteiger partial charge in [0, 0.05) is 12.3 Å². The van der Waals surface area contributed by atoms with Crippen LogP contribution in [0.4, 0.5) is 11.5 Å². The van der Waals surface area contributed by atoms with E-state index in [9.17, 15) is 14.9 Å². The second-order valence-electron chi connectivity index (χ2n) is 2.85. The Morgan fingerprint density at radius 2 is 2.38 bits per heavy atom. The van der Waals surface area contributed by atoms with E-state index < -0.39 is 23.5 Å². The van der Waals surface area contributed by atoms with Crippen LogP contribution in [0.3, 0.4) is 0 Å². The van der Waals surface area contributed by atoms with Gasteiger partial charge in [-0.15, -0.1) is 0 Å². The van der Waals surface area contributed by atoms with Gasteiger partial charge in [0.2, 0.25) is 5.82 Å². The highest BCUT2D eigenvalue weighted by Gasteiger charge is 2.21. The van der Waals surface area contributed by atoms with Crippen molar-refractivity contribution in [1.82, 2.24) is 4.98 Å². The van der Waals surface area contributed by atoms with E-state index in [1.165, 1.54) is 18.3 Å². The molecule has 0 bridgehead atoms. The average Bonchev–Trinajstić information content (AvgIpc) is 2.25. The molecule has 16 heavy (non-hydrogen) atoms. The summed E-state index contributed by atoms with van der Waals surface area (Å²) in [4.78, 5) is 24.1. The van der Waals surface area contributed by atoms with Crippen molar-refractivity contribution < 1.29 is 19.9 Å². The summed E-state index contributed by atoms with van der Waals surface area (Å²) < 4.78 is 0. The zero-order valence-corrected chi connectivity index (χ0v) is 8.03. The maximum atomic E-state index is 10.6. The summed E-state index contributed by atoms with van der Waals surface area (Å²) in [6.07, 6.45) is 1.28. The van der Waals surface area contributed by atoms with Gasteiger partial charge < -0.3 is 15.5 Å². The highest BCUT2D eigenvalue weighted by atomic mass is 16.6. The third kappa shape index (κ3) is 2.64. The second-order valence-corrected chi connectivity index (χ2v) is 2.85. The van der Waals surface area contributed by atoms with E-state index in [0.29, 0.717) is 0 Å². The molecule has 1 atom stereocenters. The molecule has 0 aliphatic rings. The number of hydrogen-bond donors (Lipinski definition) is 3. The van der Waals surface area contributed by atoms with Crippen LogP contribution in [0, 0.1) is 10.1 Å². The molecule has 1 aromatic rings.